The smallest absolute Gasteiger partial charge is 0.254 e. The molecule has 2 bridgehead atoms. The molecule has 0 N–H and O–H groups in total. The van der Waals surface area contributed by atoms with E-state index in [1.807, 2.05) is 6.92 Å². The van der Waals surface area contributed by atoms with E-state index >= 15 is 0 Å². The first-order valence-corrected chi connectivity index (χ1v) is 10.8. The zero-order valence-corrected chi connectivity index (χ0v) is 17.6. The molecule has 4 atom stereocenters. The van der Waals surface area contributed by atoms with Gasteiger partial charge in [0.1, 0.15) is 12.4 Å². The van der Waals surface area contributed by atoms with E-state index in [4.69, 9.17) is 9.47 Å². The highest BCUT2D eigenvalue weighted by Gasteiger charge is 2.59. The molecule has 1 heterocycles. The SMILES string of the molecule is CCOc1cc(C=NN2C(=O)C3C4C=CC(C4)C3C2=O)ccc1OCc1cccc(F)c1. The molecular formula is C25H23FN2O4. The lowest BCUT2D eigenvalue weighted by atomic mass is 9.85. The Kier molecular flexibility index (Phi) is 5.25. The summed E-state index contributed by atoms with van der Waals surface area (Å²) in [5.74, 6) is 0.0359. The van der Waals surface area contributed by atoms with Gasteiger partial charge in [-0.2, -0.15) is 10.1 Å². The van der Waals surface area contributed by atoms with Gasteiger partial charge in [0.25, 0.3) is 11.8 Å². The second-order valence-electron chi connectivity index (χ2n) is 8.29. The van der Waals surface area contributed by atoms with Gasteiger partial charge in [-0.15, -0.1) is 0 Å². The van der Waals surface area contributed by atoms with Crippen LogP contribution in [0.1, 0.15) is 24.5 Å². The Morgan fingerprint density at radius 1 is 1.03 bits per heavy atom. The molecular weight excluding hydrogens is 411 g/mol. The maximum atomic E-state index is 13.4. The van der Waals surface area contributed by atoms with Crippen molar-refractivity contribution in [2.45, 2.75) is 20.0 Å². The van der Waals surface area contributed by atoms with E-state index in [1.54, 1.807) is 30.3 Å². The van der Waals surface area contributed by atoms with E-state index in [2.05, 4.69) is 17.3 Å². The van der Waals surface area contributed by atoms with Crippen LogP contribution < -0.4 is 9.47 Å². The van der Waals surface area contributed by atoms with Crippen molar-refractivity contribution in [3.05, 3.63) is 71.6 Å². The normalized spacial score (nSPS) is 25.8. The minimum absolute atomic E-state index is 0.153. The van der Waals surface area contributed by atoms with Gasteiger partial charge in [-0.25, -0.2) is 4.39 Å². The largest absolute Gasteiger partial charge is 0.490 e. The van der Waals surface area contributed by atoms with Gasteiger partial charge < -0.3 is 9.47 Å². The number of benzene rings is 2. The first kappa shape index (κ1) is 20.4. The van der Waals surface area contributed by atoms with Gasteiger partial charge in [-0.3, -0.25) is 9.59 Å². The predicted octanol–water partition coefficient (Wildman–Crippen LogP) is 3.94. The average Bonchev–Trinajstić information content (AvgIpc) is 3.46. The van der Waals surface area contributed by atoms with Crippen LogP contribution in [-0.2, 0) is 16.2 Å². The lowest BCUT2D eigenvalue weighted by Gasteiger charge is -2.13. The standard InChI is InChI=1S/C25H23FN2O4/c1-2-31-21-11-15(6-9-20(21)32-14-16-4-3-5-19(26)10-16)13-27-28-24(29)22-17-7-8-18(12-17)23(22)25(28)30/h3-11,13,17-18,22-23H,2,12,14H2,1H3. The van der Waals surface area contributed by atoms with Crippen molar-refractivity contribution in [3.63, 3.8) is 0 Å². The van der Waals surface area contributed by atoms with Gasteiger partial charge in [0.15, 0.2) is 11.5 Å². The molecule has 2 aromatic carbocycles. The number of hydrogen-bond acceptors (Lipinski definition) is 5. The van der Waals surface area contributed by atoms with Crippen LogP contribution in [0.4, 0.5) is 4.39 Å². The molecule has 2 aliphatic carbocycles. The summed E-state index contributed by atoms with van der Waals surface area (Å²) in [6.45, 7) is 2.49. The predicted molar refractivity (Wildman–Crippen MR) is 116 cm³/mol. The number of imide groups is 1. The van der Waals surface area contributed by atoms with Gasteiger partial charge in [-0.1, -0.05) is 24.3 Å². The molecule has 164 valence electrons. The van der Waals surface area contributed by atoms with Crippen LogP contribution in [0, 0.1) is 29.5 Å². The van der Waals surface area contributed by atoms with Gasteiger partial charge in [0.2, 0.25) is 0 Å². The van der Waals surface area contributed by atoms with Crippen LogP contribution in [0.3, 0.4) is 0 Å². The van der Waals surface area contributed by atoms with E-state index in [0.29, 0.717) is 29.2 Å². The Bertz CT molecular complexity index is 1100. The number of amides is 2. The first-order valence-electron chi connectivity index (χ1n) is 10.8. The third kappa shape index (κ3) is 3.57. The molecule has 1 aliphatic heterocycles. The molecule has 32 heavy (non-hydrogen) atoms. The van der Waals surface area contributed by atoms with Gasteiger partial charge >= 0.3 is 0 Å². The minimum atomic E-state index is -0.318. The number of allylic oxidation sites excluding steroid dienone is 2. The van der Waals surface area contributed by atoms with E-state index in [0.717, 1.165) is 11.4 Å². The van der Waals surface area contributed by atoms with Crippen LogP contribution in [0.15, 0.2) is 59.7 Å². The molecule has 2 aromatic rings. The number of rotatable bonds is 7. The fraction of sp³-hybridized carbons (Fsp3) is 0.320. The number of halogens is 1. The summed E-state index contributed by atoms with van der Waals surface area (Å²) in [5.41, 5.74) is 1.38. The summed E-state index contributed by atoms with van der Waals surface area (Å²) in [7, 11) is 0. The Morgan fingerprint density at radius 3 is 2.47 bits per heavy atom. The Hall–Kier alpha value is -3.48. The lowest BCUT2D eigenvalue weighted by Crippen LogP contribution is -2.28. The van der Waals surface area contributed by atoms with Crippen LogP contribution in [0.5, 0.6) is 11.5 Å². The molecule has 2 amide bonds. The Balaban J connectivity index is 1.31. The van der Waals surface area contributed by atoms with Crippen molar-refractivity contribution >= 4 is 18.0 Å². The monoisotopic (exact) mass is 434 g/mol. The number of ether oxygens (including phenoxy) is 2. The van der Waals surface area contributed by atoms with Crippen molar-refractivity contribution in [2.24, 2.45) is 28.8 Å². The molecule has 2 fully saturated rings. The van der Waals surface area contributed by atoms with Gasteiger partial charge in [-0.05, 0) is 66.6 Å². The van der Waals surface area contributed by atoms with E-state index in [-0.39, 0.29) is 47.9 Å². The average molecular weight is 434 g/mol. The molecule has 0 radical (unpaired) electrons. The molecule has 0 spiro atoms. The van der Waals surface area contributed by atoms with E-state index in [9.17, 15) is 14.0 Å². The van der Waals surface area contributed by atoms with Crippen LogP contribution >= 0.6 is 0 Å². The van der Waals surface area contributed by atoms with Crippen molar-refractivity contribution in [2.75, 3.05) is 6.61 Å². The van der Waals surface area contributed by atoms with Gasteiger partial charge in [0, 0.05) is 0 Å². The van der Waals surface area contributed by atoms with Crippen LogP contribution in [0.25, 0.3) is 0 Å². The van der Waals surface area contributed by atoms with Crippen LogP contribution in [0.2, 0.25) is 0 Å². The minimum Gasteiger partial charge on any atom is -0.490 e. The third-order valence-electron chi connectivity index (χ3n) is 6.32. The molecule has 1 saturated carbocycles. The highest BCUT2D eigenvalue weighted by molar-refractivity contribution is 6.06. The van der Waals surface area contributed by atoms with Crippen molar-refractivity contribution in [1.29, 1.82) is 0 Å². The topological polar surface area (TPSA) is 68.2 Å². The number of hydrazone groups is 1. The Morgan fingerprint density at radius 2 is 1.78 bits per heavy atom. The second-order valence-corrected chi connectivity index (χ2v) is 8.29. The molecule has 7 heteroatoms. The summed E-state index contributed by atoms with van der Waals surface area (Å²) >= 11 is 0. The summed E-state index contributed by atoms with van der Waals surface area (Å²) in [6, 6.07) is 11.5. The maximum Gasteiger partial charge on any atom is 0.254 e. The molecule has 1 saturated heterocycles. The highest BCUT2D eigenvalue weighted by Crippen LogP contribution is 2.52. The molecule has 3 aliphatic rings. The van der Waals surface area contributed by atoms with E-state index < -0.39 is 0 Å². The highest BCUT2D eigenvalue weighted by atomic mass is 19.1. The summed E-state index contributed by atoms with van der Waals surface area (Å²) in [6.07, 6.45) is 6.49. The summed E-state index contributed by atoms with van der Waals surface area (Å²) in [5, 5.41) is 5.24. The van der Waals surface area contributed by atoms with Crippen LogP contribution in [-0.4, -0.2) is 29.6 Å². The molecule has 5 rings (SSSR count). The molecule has 4 unspecified atom stereocenters. The fourth-order valence-corrected chi connectivity index (χ4v) is 4.91. The molecule has 0 aromatic heterocycles. The van der Waals surface area contributed by atoms with Crippen molar-refractivity contribution in [1.82, 2.24) is 5.01 Å². The number of carbonyl (C=O) groups is 2. The number of nitrogens with zero attached hydrogens (tertiary/aromatic N) is 2. The lowest BCUT2D eigenvalue weighted by molar-refractivity contribution is -0.140. The number of carbonyl (C=O) groups excluding carboxylic acids is 2. The van der Waals surface area contributed by atoms with E-state index in [1.165, 1.54) is 18.3 Å². The second kappa shape index (κ2) is 8.22. The fourth-order valence-electron chi connectivity index (χ4n) is 4.91. The van der Waals surface area contributed by atoms with Gasteiger partial charge in [0.05, 0.1) is 24.7 Å². The maximum absolute atomic E-state index is 13.4. The quantitative estimate of drug-likeness (QED) is 0.376. The van der Waals surface area contributed by atoms with Crippen molar-refractivity contribution < 1.29 is 23.5 Å². The summed E-state index contributed by atoms with van der Waals surface area (Å²) < 4.78 is 24.9. The zero-order valence-electron chi connectivity index (χ0n) is 17.6. The molecule has 6 nitrogen and oxygen atoms in total. The zero-order chi connectivity index (χ0) is 22.2. The Labute approximate surface area is 185 Å². The first-order chi connectivity index (χ1) is 15.5. The number of hydrogen-bond donors (Lipinski definition) is 0. The number of fused-ring (bicyclic) bond motifs is 5. The summed E-state index contributed by atoms with van der Waals surface area (Å²) in [4.78, 5) is 25.5. The van der Waals surface area contributed by atoms with Crippen molar-refractivity contribution in [3.8, 4) is 11.5 Å². The third-order valence-corrected chi connectivity index (χ3v) is 6.32.